The molecule has 0 bridgehead atoms. The fraction of sp³-hybridized carbons (Fsp3) is 0.462. The molecule has 1 atom stereocenters. The van der Waals surface area contributed by atoms with Crippen LogP contribution < -0.4 is 10.6 Å². The largest absolute Gasteiger partial charge is 0.383 e. The molecule has 3 nitrogen and oxygen atoms in total. The van der Waals surface area contributed by atoms with Gasteiger partial charge in [0.25, 0.3) is 0 Å². The van der Waals surface area contributed by atoms with Gasteiger partial charge in [0.2, 0.25) is 0 Å². The van der Waals surface area contributed by atoms with E-state index in [1.165, 1.54) is 18.9 Å². The summed E-state index contributed by atoms with van der Waals surface area (Å²) in [5.41, 5.74) is 0.826. The minimum atomic E-state index is -0.358. The van der Waals surface area contributed by atoms with Crippen LogP contribution in [0.15, 0.2) is 18.2 Å². The lowest BCUT2D eigenvalue weighted by molar-refractivity contribution is 0.572. The van der Waals surface area contributed by atoms with E-state index in [1.54, 1.807) is 12.1 Å². The van der Waals surface area contributed by atoms with Crippen LogP contribution in [0.5, 0.6) is 0 Å². The lowest BCUT2D eigenvalue weighted by Crippen LogP contribution is -2.24. The van der Waals surface area contributed by atoms with Crippen molar-refractivity contribution in [1.29, 1.82) is 5.26 Å². The van der Waals surface area contributed by atoms with Gasteiger partial charge in [-0.25, -0.2) is 4.39 Å². The fourth-order valence-corrected chi connectivity index (χ4v) is 2.11. The smallest absolute Gasteiger partial charge is 0.147 e. The maximum atomic E-state index is 13.5. The molecule has 1 aliphatic heterocycles. The summed E-state index contributed by atoms with van der Waals surface area (Å²) < 4.78 is 13.5. The molecule has 90 valence electrons. The number of nitrogens with one attached hydrogen (secondary N) is 2. The van der Waals surface area contributed by atoms with E-state index in [9.17, 15) is 4.39 Å². The molecule has 0 aliphatic carbocycles. The quantitative estimate of drug-likeness (QED) is 0.838. The molecule has 0 spiro atoms. The van der Waals surface area contributed by atoms with Crippen molar-refractivity contribution in [2.75, 3.05) is 18.4 Å². The Hall–Kier alpha value is -1.60. The van der Waals surface area contributed by atoms with Crippen molar-refractivity contribution in [3.8, 4) is 6.07 Å². The lowest BCUT2D eigenvalue weighted by Gasteiger charge is -2.12. The zero-order valence-corrected chi connectivity index (χ0v) is 9.67. The summed E-state index contributed by atoms with van der Waals surface area (Å²) in [7, 11) is 0. The van der Waals surface area contributed by atoms with E-state index in [2.05, 4.69) is 10.6 Å². The number of rotatable bonds is 4. The first kappa shape index (κ1) is 11.9. The first-order chi connectivity index (χ1) is 8.29. The Bertz CT molecular complexity index is 419. The zero-order valence-electron chi connectivity index (χ0n) is 9.67. The molecule has 0 aromatic heterocycles. The Morgan fingerprint density at radius 3 is 3.06 bits per heavy atom. The van der Waals surface area contributed by atoms with E-state index < -0.39 is 0 Å². The second kappa shape index (κ2) is 5.65. The summed E-state index contributed by atoms with van der Waals surface area (Å²) >= 11 is 0. The topological polar surface area (TPSA) is 47.9 Å². The molecular weight excluding hydrogens is 217 g/mol. The molecule has 1 saturated heterocycles. The highest BCUT2D eigenvalue weighted by atomic mass is 19.1. The van der Waals surface area contributed by atoms with Crippen LogP contribution in [0.3, 0.4) is 0 Å². The molecule has 4 heteroatoms. The van der Waals surface area contributed by atoms with Gasteiger partial charge in [-0.3, -0.25) is 0 Å². The maximum Gasteiger partial charge on any atom is 0.147 e. The molecule has 2 N–H and O–H groups in total. The molecule has 1 fully saturated rings. The van der Waals surface area contributed by atoms with Gasteiger partial charge in [0.15, 0.2) is 0 Å². The van der Waals surface area contributed by atoms with Crippen LogP contribution >= 0.6 is 0 Å². The molecule has 0 amide bonds. The lowest BCUT2D eigenvalue weighted by atomic mass is 10.1. The zero-order chi connectivity index (χ0) is 12.1. The normalized spacial score (nSPS) is 18.9. The van der Waals surface area contributed by atoms with Crippen LogP contribution in [-0.2, 0) is 0 Å². The second-order valence-electron chi connectivity index (χ2n) is 4.32. The van der Waals surface area contributed by atoms with Gasteiger partial charge in [0.1, 0.15) is 5.82 Å². The number of hydrogen-bond donors (Lipinski definition) is 2. The van der Waals surface area contributed by atoms with Crippen molar-refractivity contribution in [2.24, 2.45) is 0 Å². The summed E-state index contributed by atoms with van der Waals surface area (Å²) in [5.74, 6) is -0.358. The van der Waals surface area contributed by atoms with Crippen LogP contribution in [0.2, 0.25) is 0 Å². The molecule has 1 aromatic carbocycles. The van der Waals surface area contributed by atoms with Crippen molar-refractivity contribution in [3.63, 3.8) is 0 Å². The number of hydrogen-bond acceptors (Lipinski definition) is 3. The predicted molar refractivity (Wildman–Crippen MR) is 65.2 cm³/mol. The number of halogens is 1. The molecule has 2 rings (SSSR count). The first-order valence-electron chi connectivity index (χ1n) is 5.96. The molecular formula is C13H16FN3. The molecule has 1 unspecified atom stereocenters. The van der Waals surface area contributed by atoms with Gasteiger partial charge >= 0.3 is 0 Å². The second-order valence-corrected chi connectivity index (χ2v) is 4.32. The minimum absolute atomic E-state index is 0.352. The summed E-state index contributed by atoms with van der Waals surface area (Å²) in [6.07, 6.45) is 3.44. The average Bonchev–Trinajstić information content (AvgIpc) is 2.84. The highest BCUT2D eigenvalue weighted by Gasteiger charge is 2.13. The minimum Gasteiger partial charge on any atom is -0.383 e. The molecule has 0 saturated carbocycles. The first-order valence-corrected chi connectivity index (χ1v) is 5.96. The number of benzene rings is 1. The third-order valence-corrected chi connectivity index (χ3v) is 3.07. The molecule has 1 heterocycles. The van der Waals surface area contributed by atoms with E-state index in [4.69, 9.17) is 5.26 Å². The van der Waals surface area contributed by atoms with E-state index in [1.807, 2.05) is 6.07 Å². The number of nitrogens with zero attached hydrogens (tertiary/aromatic N) is 1. The van der Waals surface area contributed by atoms with E-state index in [-0.39, 0.29) is 5.82 Å². The van der Waals surface area contributed by atoms with E-state index in [0.29, 0.717) is 17.3 Å². The number of nitriles is 1. The van der Waals surface area contributed by atoms with Crippen molar-refractivity contribution in [2.45, 2.75) is 25.3 Å². The van der Waals surface area contributed by atoms with Gasteiger partial charge in [0.05, 0.1) is 17.3 Å². The Labute approximate surface area is 101 Å². The van der Waals surface area contributed by atoms with Gasteiger partial charge in [-0.05, 0) is 44.0 Å². The van der Waals surface area contributed by atoms with E-state index >= 15 is 0 Å². The average molecular weight is 233 g/mol. The fourth-order valence-electron chi connectivity index (χ4n) is 2.11. The van der Waals surface area contributed by atoms with Gasteiger partial charge in [-0.2, -0.15) is 5.26 Å². The third-order valence-electron chi connectivity index (χ3n) is 3.07. The summed E-state index contributed by atoms with van der Waals surface area (Å²) in [4.78, 5) is 0. The standard InChI is InChI=1S/C13H16FN3/c14-12-8-10(9-15)3-4-13(12)17-7-5-11-2-1-6-16-11/h3-4,8,11,16-17H,1-2,5-7H2. The predicted octanol–water partition coefficient (Wildman–Crippen LogP) is 2.25. The summed E-state index contributed by atoms with van der Waals surface area (Å²) in [5, 5.41) is 15.1. The highest BCUT2D eigenvalue weighted by molar-refractivity contribution is 5.48. The van der Waals surface area contributed by atoms with Crippen molar-refractivity contribution in [1.82, 2.24) is 5.32 Å². The molecule has 1 aromatic rings. The Kier molecular flexibility index (Phi) is 3.94. The van der Waals surface area contributed by atoms with Crippen molar-refractivity contribution < 1.29 is 4.39 Å². The summed E-state index contributed by atoms with van der Waals surface area (Å²) in [6.45, 7) is 1.84. The number of anilines is 1. The van der Waals surface area contributed by atoms with Crippen LogP contribution in [0.4, 0.5) is 10.1 Å². The highest BCUT2D eigenvalue weighted by Crippen LogP contribution is 2.16. The van der Waals surface area contributed by atoms with Crippen LogP contribution in [0.1, 0.15) is 24.8 Å². The van der Waals surface area contributed by atoms with E-state index in [0.717, 1.165) is 19.5 Å². The third kappa shape index (κ3) is 3.18. The SMILES string of the molecule is N#Cc1ccc(NCCC2CCCN2)c(F)c1. The Morgan fingerprint density at radius 2 is 2.41 bits per heavy atom. The van der Waals surface area contributed by atoms with Crippen molar-refractivity contribution >= 4 is 5.69 Å². The monoisotopic (exact) mass is 233 g/mol. The molecule has 0 radical (unpaired) electrons. The van der Waals surface area contributed by atoms with Crippen molar-refractivity contribution in [3.05, 3.63) is 29.6 Å². The van der Waals surface area contributed by atoms with Gasteiger partial charge in [-0.1, -0.05) is 0 Å². The summed E-state index contributed by atoms with van der Waals surface area (Å²) in [6, 6.07) is 6.98. The van der Waals surface area contributed by atoms with Gasteiger partial charge in [0, 0.05) is 12.6 Å². The van der Waals surface area contributed by atoms with Gasteiger partial charge in [-0.15, -0.1) is 0 Å². The maximum absolute atomic E-state index is 13.5. The van der Waals surface area contributed by atoms with Crippen LogP contribution in [0, 0.1) is 17.1 Å². The van der Waals surface area contributed by atoms with Crippen LogP contribution in [0.25, 0.3) is 0 Å². The molecule has 17 heavy (non-hydrogen) atoms. The van der Waals surface area contributed by atoms with Crippen LogP contribution in [-0.4, -0.2) is 19.1 Å². The Morgan fingerprint density at radius 1 is 1.53 bits per heavy atom. The Balaban J connectivity index is 1.84. The molecule has 1 aliphatic rings. The van der Waals surface area contributed by atoms with Gasteiger partial charge < -0.3 is 10.6 Å².